The number of piperidine rings is 1. The molecule has 19 heavy (non-hydrogen) atoms. The summed E-state index contributed by atoms with van der Waals surface area (Å²) in [5.74, 6) is -0.496. The van der Waals surface area contributed by atoms with Crippen molar-refractivity contribution in [2.45, 2.75) is 50.7 Å². The highest BCUT2D eigenvalue weighted by Crippen LogP contribution is 2.28. The van der Waals surface area contributed by atoms with E-state index in [1.165, 1.54) is 6.07 Å². The summed E-state index contributed by atoms with van der Waals surface area (Å²) >= 11 is 5.72. The molecule has 0 aliphatic carbocycles. The summed E-state index contributed by atoms with van der Waals surface area (Å²) in [4.78, 5) is 0. The molecule has 1 aromatic rings. The molecule has 0 radical (unpaired) electrons. The van der Waals surface area contributed by atoms with Crippen molar-refractivity contribution in [3.05, 3.63) is 34.6 Å². The van der Waals surface area contributed by atoms with Gasteiger partial charge in [0, 0.05) is 12.5 Å². The van der Waals surface area contributed by atoms with E-state index in [1.807, 2.05) is 0 Å². The van der Waals surface area contributed by atoms with E-state index in [-0.39, 0.29) is 17.5 Å². The first kappa shape index (κ1) is 14.7. The van der Waals surface area contributed by atoms with Crippen LogP contribution in [0.25, 0.3) is 0 Å². The largest absolute Gasteiger partial charge is 0.314 e. The van der Waals surface area contributed by atoms with Crippen molar-refractivity contribution >= 4 is 11.6 Å². The maximum atomic E-state index is 14.6. The first-order chi connectivity index (χ1) is 8.98. The van der Waals surface area contributed by atoms with Gasteiger partial charge in [0.25, 0.3) is 0 Å². The van der Waals surface area contributed by atoms with Gasteiger partial charge in [0.2, 0.25) is 0 Å². The summed E-state index contributed by atoms with van der Waals surface area (Å²) in [6, 6.07) is 4.95. The predicted octanol–water partition coefficient (Wildman–Crippen LogP) is 4.28. The van der Waals surface area contributed by atoms with Crippen molar-refractivity contribution in [1.82, 2.24) is 5.32 Å². The molecule has 1 aliphatic rings. The van der Waals surface area contributed by atoms with E-state index in [2.05, 4.69) is 5.32 Å². The van der Waals surface area contributed by atoms with Crippen molar-refractivity contribution in [2.24, 2.45) is 0 Å². The number of hydrogen-bond donors (Lipinski definition) is 1. The molecule has 0 aromatic heterocycles. The molecule has 1 nitrogen and oxygen atoms in total. The van der Waals surface area contributed by atoms with Crippen LogP contribution in [0.5, 0.6) is 0 Å². The smallest absolute Gasteiger partial charge is 0.145 e. The molecule has 1 saturated heterocycles. The zero-order chi connectivity index (χ0) is 13.9. The van der Waals surface area contributed by atoms with E-state index in [0.29, 0.717) is 12.0 Å². The molecular weight excluding hydrogens is 268 g/mol. The van der Waals surface area contributed by atoms with Crippen LogP contribution in [0.4, 0.5) is 8.78 Å². The topological polar surface area (TPSA) is 12.0 Å². The zero-order valence-electron chi connectivity index (χ0n) is 11.2. The van der Waals surface area contributed by atoms with Gasteiger partial charge in [-0.25, -0.2) is 8.78 Å². The zero-order valence-corrected chi connectivity index (χ0v) is 11.9. The van der Waals surface area contributed by atoms with E-state index >= 15 is 0 Å². The lowest BCUT2D eigenvalue weighted by Crippen LogP contribution is -2.40. The molecule has 0 bridgehead atoms. The van der Waals surface area contributed by atoms with Crippen LogP contribution >= 0.6 is 11.6 Å². The Morgan fingerprint density at radius 1 is 1.42 bits per heavy atom. The van der Waals surface area contributed by atoms with E-state index in [1.54, 1.807) is 19.1 Å². The van der Waals surface area contributed by atoms with E-state index in [0.717, 1.165) is 25.8 Å². The third kappa shape index (κ3) is 4.15. The van der Waals surface area contributed by atoms with Crippen molar-refractivity contribution in [3.8, 4) is 0 Å². The second-order valence-electron chi connectivity index (χ2n) is 5.65. The Bertz CT molecular complexity index is 428. The number of halogens is 3. The van der Waals surface area contributed by atoms with Crippen LogP contribution in [0.2, 0.25) is 5.02 Å². The highest BCUT2D eigenvalue weighted by Gasteiger charge is 2.30. The fourth-order valence-electron chi connectivity index (χ4n) is 2.77. The molecule has 0 amide bonds. The lowest BCUT2D eigenvalue weighted by molar-refractivity contribution is 0.144. The Hall–Kier alpha value is -0.670. The summed E-state index contributed by atoms with van der Waals surface area (Å²) in [5, 5.41) is 3.39. The quantitative estimate of drug-likeness (QED) is 0.871. The normalized spacial score (nSPS) is 23.1. The molecule has 1 fully saturated rings. The highest BCUT2D eigenvalue weighted by molar-refractivity contribution is 6.30. The van der Waals surface area contributed by atoms with Crippen LogP contribution in [0.15, 0.2) is 18.2 Å². The Labute approximate surface area is 118 Å². The minimum absolute atomic E-state index is 0.0593. The monoisotopic (exact) mass is 287 g/mol. The van der Waals surface area contributed by atoms with Crippen molar-refractivity contribution in [1.29, 1.82) is 0 Å². The van der Waals surface area contributed by atoms with Gasteiger partial charge in [-0.15, -0.1) is 0 Å². The molecular formula is C15H20ClF2N. The van der Waals surface area contributed by atoms with Gasteiger partial charge in [-0.2, -0.15) is 0 Å². The molecule has 106 valence electrons. The van der Waals surface area contributed by atoms with Crippen LogP contribution in [-0.2, 0) is 6.42 Å². The third-order valence-corrected chi connectivity index (χ3v) is 3.97. The summed E-state index contributed by atoms with van der Waals surface area (Å²) in [5.41, 5.74) is -1.06. The Morgan fingerprint density at radius 2 is 2.21 bits per heavy atom. The maximum Gasteiger partial charge on any atom is 0.145 e. The fraction of sp³-hybridized carbons (Fsp3) is 0.600. The van der Waals surface area contributed by atoms with E-state index < -0.39 is 11.5 Å². The number of benzene rings is 1. The standard InChI is InChI=1S/C15H20ClF2N/c1-15(18,10-12-6-2-3-8-19-12)9-11-5-4-7-13(16)14(11)17/h4-5,7,12,19H,2-3,6,8-10H2,1H3. The van der Waals surface area contributed by atoms with Gasteiger partial charge in [0.1, 0.15) is 11.5 Å². The Kier molecular flexibility index (Phi) is 4.80. The molecule has 1 N–H and O–H groups in total. The average Bonchev–Trinajstić information content (AvgIpc) is 2.35. The van der Waals surface area contributed by atoms with Gasteiger partial charge in [0.15, 0.2) is 0 Å². The molecule has 0 saturated carbocycles. The summed E-state index contributed by atoms with van der Waals surface area (Å²) in [6.07, 6.45) is 3.77. The minimum atomic E-state index is -1.42. The third-order valence-electron chi connectivity index (χ3n) is 3.68. The number of hydrogen-bond acceptors (Lipinski definition) is 1. The van der Waals surface area contributed by atoms with Crippen LogP contribution in [0.1, 0.15) is 38.2 Å². The van der Waals surface area contributed by atoms with Crippen LogP contribution in [0.3, 0.4) is 0 Å². The van der Waals surface area contributed by atoms with Gasteiger partial charge in [-0.05, 0) is 44.4 Å². The van der Waals surface area contributed by atoms with Crippen molar-refractivity contribution in [2.75, 3.05) is 6.54 Å². The SMILES string of the molecule is CC(F)(Cc1cccc(Cl)c1F)CC1CCCCN1. The number of nitrogens with one attached hydrogen (secondary N) is 1. The lowest BCUT2D eigenvalue weighted by Gasteiger charge is -2.30. The van der Waals surface area contributed by atoms with Crippen LogP contribution < -0.4 is 5.32 Å². The summed E-state index contributed by atoms with van der Waals surface area (Å²) < 4.78 is 28.4. The van der Waals surface area contributed by atoms with Crippen LogP contribution in [0, 0.1) is 5.82 Å². The summed E-state index contributed by atoms with van der Waals surface area (Å²) in [7, 11) is 0. The van der Waals surface area contributed by atoms with Crippen LogP contribution in [-0.4, -0.2) is 18.3 Å². The molecule has 1 aliphatic heterocycles. The van der Waals surface area contributed by atoms with E-state index in [9.17, 15) is 8.78 Å². The van der Waals surface area contributed by atoms with Gasteiger partial charge in [-0.3, -0.25) is 0 Å². The minimum Gasteiger partial charge on any atom is -0.314 e. The highest BCUT2D eigenvalue weighted by atomic mass is 35.5. The van der Waals surface area contributed by atoms with Gasteiger partial charge in [0.05, 0.1) is 5.02 Å². The molecule has 2 atom stereocenters. The fourth-order valence-corrected chi connectivity index (χ4v) is 2.96. The average molecular weight is 288 g/mol. The van der Waals surface area contributed by atoms with Gasteiger partial charge < -0.3 is 5.32 Å². The van der Waals surface area contributed by atoms with Crippen molar-refractivity contribution in [3.63, 3.8) is 0 Å². The second kappa shape index (κ2) is 6.19. The molecule has 1 heterocycles. The van der Waals surface area contributed by atoms with Crippen molar-refractivity contribution < 1.29 is 8.78 Å². The van der Waals surface area contributed by atoms with Gasteiger partial charge in [-0.1, -0.05) is 30.2 Å². The Morgan fingerprint density at radius 3 is 2.89 bits per heavy atom. The number of rotatable bonds is 4. The second-order valence-corrected chi connectivity index (χ2v) is 6.06. The molecule has 1 aromatic carbocycles. The first-order valence-corrected chi connectivity index (χ1v) is 7.21. The Balaban J connectivity index is 2.01. The predicted molar refractivity (Wildman–Crippen MR) is 74.9 cm³/mol. The first-order valence-electron chi connectivity index (χ1n) is 6.83. The molecule has 4 heteroatoms. The lowest BCUT2D eigenvalue weighted by atomic mass is 9.88. The van der Waals surface area contributed by atoms with Gasteiger partial charge >= 0.3 is 0 Å². The maximum absolute atomic E-state index is 14.6. The summed E-state index contributed by atoms with van der Waals surface area (Å²) in [6.45, 7) is 2.50. The molecule has 0 spiro atoms. The molecule has 2 unspecified atom stereocenters. The number of alkyl halides is 1. The molecule has 2 rings (SSSR count). The van der Waals surface area contributed by atoms with E-state index in [4.69, 9.17) is 11.6 Å².